The van der Waals surface area contributed by atoms with Crippen molar-refractivity contribution in [3.8, 4) is 0 Å². The molecule has 0 aliphatic carbocycles. The molecule has 7 heteroatoms. The van der Waals surface area contributed by atoms with Crippen LogP contribution in [0.25, 0.3) is 0 Å². The van der Waals surface area contributed by atoms with Gasteiger partial charge in [-0.3, -0.25) is 14.3 Å². The number of nitrogens with one attached hydrogen (secondary N) is 1. The normalized spacial score (nSPS) is 10.5. The van der Waals surface area contributed by atoms with E-state index >= 15 is 0 Å². The predicted molar refractivity (Wildman–Crippen MR) is 105 cm³/mol. The Bertz CT molecular complexity index is 954. The molecule has 0 aliphatic rings. The third-order valence-corrected chi connectivity index (χ3v) is 4.53. The molecule has 1 N–H and O–H groups in total. The van der Waals surface area contributed by atoms with E-state index in [1.165, 1.54) is 0 Å². The summed E-state index contributed by atoms with van der Waals surface area (Å²) >= 11 is 8.09. The van der Waals surface area contributed by atoms with E-state index in [0.717, 1.165) is 3.57 Å². The van der Waals surface area contributed by atoms with Gasteiger partial charge in [0.15, 0.2) is 11.5 Å². The summed E-state index contributed by atoms with van der Waals surface area (Å²) in [6, 6.07) is 13.6. The molecule has 0 saturated carbocycles. The minimum absolute atomic E-state index is 0.214. The van der Waals surface area contributed by atoms with Crippen LogP contribution >= 0.6 is 34.2 Å². The molecule has 3 aromatic rings. The molecule has 126 valence electrons. The Kier molecular flexibility index (Phi) is 5.19. The van der Waals surface area contributed by atoms with Crippen LogP contribution in [-0.4, -0.2) is 21.5 Å². The van der Waals surface area contributed by atoms with Crippen LogP contribution in [-0.2, 0) is 7.05 Å². The molecule has 1 aromatic heterocycles. The second-order valence-corrected chi connectivity index (χ2v) is 6.94. The number of amides is 1. The van der Waals surface area contributed by atoms with Gasteiger partial charge in [0.25, 0.3) is 5.91 Å². The molecule has 0 unspecified atom stereocenters. The van der Waals surface area contributed by atoms with E-state index in [2.05, 4.69) is 10.4 Å². The largest absolute Gasteiger partial charge is 0.320 e. The van der Waals surface area contributed by atoms with Crippen LogP contribution in [0.2, 0.25) is 5.02 Å². The van der Waals surface area contributed by atoms with Crippen molar-refractivity contribution in [3.05, 3.63) is 80.1 Å². The number of anilines is 1. The van der Waals surface area contributed by atoms with E-state index in [1.54, 1.807) is 60.4 Å². The molecule has 0 fully saturated rings. The van der Waals surface area contributed by atoms with Crippen LogP contribution in [0.1, 0.15) is 26.4 Å². The van der Waals surface area contributed by atoms with Gasteiger partial charge in [0.2, 0.25) is 0 Å². The highest BCUT2D eigenvalue weighted by molar-refractivity contribution is 14.1. The number of nitrogens with zero attached hydrogens (tertiary/aromatic N) is 2. The molecule has 0 aliphatic heterocycles. The molecule has 3 rings (SSSR count). The minimum atomic E-state index is -0.380. The number of carbonyl (C=O) groups is 2. The summed E-state index contributed by atoms with van der Waals surface area (Å²) in [6.07, 6.45) is 1.74. The lowest BCUT2D eigenvalue weighted by atomic mass is 10.0. The number of ketones is 1. The summed E-state index contributed by atoms with van der Waals surface area (Å²) in [5.41, 5.74) is 1.55. The SMILES string of the molecule is Cn1cc(I)c(C(=O)Nc2ccc(Cl)cc2C(=O)c2ccccc2)n1. The van der Waals surface area contributed by atoms with E-state index in [4.69, 9.17) is 11.6 Å². The van der Waals surface area contributed by atoms with Crippen molar-refractivity contribution in [3.63, 3.8) is 0 Å². The standard InChI is InChI=1S/C18H13ClIN3O2/c1-23-10-14(20)16(22-23)18(25)21-15-8-7-12(19)9-13(15)17(24)11-5-3-2-4-6-11/h2-10H,1H3,(H,21,25). The Labute approximate surface area is 163 Å². The van der Waals surface area contributed by atoms with Crippen molar-refractivity contribution < 1.29 is 9.59 Å². The number of rotatable bonds is 4. The second-order valence-electron chi connectivity index (χ2n) is 5.34. The summed E-state index contributed by atoms with van der Waals surface area (Å²) in [6.45, 7) is 0. The first-order valence-electron chi connectivity index (χ1n) is 7.35. The first-order chi connectivity index (χ1) is 12.0. The van der Waals surface area contributed by atoms with E-state index in [9.17, 15) is 9.59 Å². The Morgan fingerprint density at radius 2 is 1.88 bits per heavy atom. The molecule has 1 amide bonds. The fourth-order valence-electron chi connectivity index (χ4n) is 2.35. The summed E-state index contributed by atoms with van der Waals surface area (Å²) < 4.78 is 2.29. The zero-order chi connectivity index (χ0) is 18.0. The maximum atomic E-state index is 12.8. The number of benzene rings is 2. The third kappa shape index (κ3) is 3.91. The molecule has 5 nitrogen and oxygen atoms in total. The monoisotopic (exact) mass is 465 g/mol. The van der Waals surface area contributed by atoms with E-state index < -0.39 is 0 Å². The Hall–Kier alpha value is -2.19. The second kappa shape index (κ2) is 7.37. The maximum Gasteiger partial charge on any atom is 0.277 e. The van der Waals surface area contributed by atoms with Crippen LogP contribution in [0.15, 0.2) is 54.7 Å². The molecule has 0 spiro atoms. The van der Waals surface area contributed by atoms with Gasteiger partial charge in [0.1, 0.15) is 0 Å². The summed E-state index contributed by atoms with van der Waals surface area (Å²) in [5, 5.41) is 7.32. The molecule has 0 saturated heterocycles. The van der Waals surface area contributed by atoms with Crippen molar-refractivity contribution in [1.29, 1.82) is 0 Å². The van der Waals surface area contributed by atoms with Gasteiger partial charge >= 0.3 is 0 Å². The molecule has 0 bridgehead atoms. The van der Waals surface area contributed by atoms with Crippen LogP contribution in [0.3, 0.4) is 0 Å². The number of hydrogen-bond donors (Lipinski definition) is 1. The van der Waals surface area contributed by atoms with Gasteiger partial charge < -0.3 is 5.32 Å². The van der Waals surface area contributed by atoms with E-state index in [1.807, 2.05) is 28.7 Å². The molecule has 0 atom stereocenters. The molecule has 1 heterocycles. The van der Waals surface area contributed by atoms with E-state index in [-0.39, 0.29) is 11.7 Å². The lowest BCUT2D eigenvalue weighted by Crippen LogP contribution is -2.17. The molecular formula is C18H13ClIN3O2. The highest BCUT2D eigenvalue weighted by Gasteiger charge is 2.19. The van der Waals surface area contributed by atoms with Crippen molar-refractivity contribution in [1.82, 2.24) is 9.78 Å². The minimum Gasteiger partial charge on any atom is -0.320 e. The number of aryl methyl sites for hydroxylation is 1. The zero-order valence-electron chi connectivity index (χ0n) is 13.2. The number of halogens is 2. The molecule has 25 heavy (non-hydrogen) atoms. The maximum absolute atomic E-state index is 12.8. The van der Waals surface area contributed by atoms with Crippen molar-refractivity contribution in [2.24, 2.45) is 7.05 Å². The third-order valence-electron chi connectivity index (χ3n) is 3.51. The number of hydrogen-bond acceptors (Lipinski definition) is 3. The topological polar surface area (TPSA) is 64.0 Å². The van der Waals surface area contributed by atoms with Crippen molar-refractivity contribution >= 4 is 51.6 Å². The van der Waals surface area contributed by atoms with Crippen molar-refractivity contribution in [2.45, 2.75) is 0 Å². The number of carbonyl (C=O) groups excluding carboxylic acids is 2. The van der Waals surface area contributed by atoms with Crippen LogP contribution < -0.4 is 5.32 Å². The predicted octanol–water partition coefficient (Wildman–Crippen LogP) is 4.16. The van der Waals surface area contributed by atoms with Crippen LogP contribution in [0.4, 0.5) is 5.69 Å². The summed E-state index contributed by atoms with van der Waals surface area (Å²) in [7, 11) is 1.74. The van der Waals surface area contributed by atoms with Crippen LogP contribution in [0, 0.1) is 3.57 Å². The Balaban J connectivity index is 1.96. The summed E-state index contributed by atoms with van der Waals surface area (Å²) in [5.74, 6) is -0.594. The average Bonchev–Trinajstić information content (AvgIpc) is 2.95. The molecule has 0 radical (unpaired) electrons. The molecule has 2 aromatic carbocycles. The fraction of sp³-hybridized carbons (Fsp3) is 0.0556. The van der Waals surface area contributed by atoms with Gasteiger partial charge in [-0.15, -0.1) is 0 Å². The zero-order valence-corrected chi connectivity index (χ0v) is 16.1. The van der Waals surface area contributed by atoms with Gasteiger partial charge in [0, 0.05) is 29.4 Å². The smallest absolute Gasteiger partial charge is 0.277 e. The quantitative estimate of drug-likeness (QED) is 0.465. The average molecular weight is 466 g/mol. The lowest BCUT2D eigenvalue weighted by molar-refractivity contribution is 0.102. The van der Waals surface area contributed by atoms with Gasteiger partial charge in [-0.05, 0) is 40.8 Å². The molecular weight excluding hydrogens is 453 g/mol. The first-order valence-corrected chi connectivity index (χ1v) is 8.81. The van der Waals surface area contributed by atoms with Gasteiger partial charge in [0.05, 0.1) is 9.26 Å². The van der Waals surface area contributed by atoms with Crippen molar-refractivity contribution in [2.75, 3.05) is 5.32 Å². The Morgan fingerprint density at radius 3 is 2.52 bits per heavy atom. The van der Waals surface area contributed by atoms with Gasteiger partial charge in [-0.2, -0.15) is 5.10 Å². The fourth-order valence-corrected chi connectivity index (χ4v) is 3.28. The highest BCUT2D eigenvalue weighted by atomic mass is 127. The Morgan fingerprint density at radius 1 is 1.16 bits per heavy atom. The van der Waals surface area contributed by atoms with E-state index in [0.29, 0.717) is 27.5 Å². The first kappa shape index (κ1) is 17.6. The van der Waals surface area contributed by atoms with Crippen LogP contribution in [0.5, 0.6) is 0 Å². The highest BCUT2D eigenvalue weighted by Crippen LogP contribution is 2.24. The number of aromatic nitrogens is 2. The van der Waals surface area contributed by atoms with Gasteiger partial charge in [-0.1, -0.05) is 41.9 Å². The lowest BCUT2D eigenvalue weighted by Gasteiger charge is -2.10. The summed E-state index contributed by atoms with van der Waals surface area (Å²) in [4.78, 5) is 25.3. The van der Waals surface area contributed by atoms with Gasteiger partial charge in [-0.25, -0.2) is 0 Å².